The molecule has 0 aliphatic carbocycles. The number of hydrogen-bond donors (Lipinski definition) is 1. The first-order valence-corrected chi connectivity index (χ1v) is 5.63. The Hall–Kier alpha value is -1.10. The van der Waals surface area contributed by atoms with Gasteiger partial charge in [0.2, 0.25) is 5.91 Å². The second-order valence-corrected chi connectivity index (χ2v) is 5.45. The number of hydrogen-bond acceptors (Lipinski definition) is 4. The first-order valence-electron chi connectivity index (χ1n) is 5.63. The highest BCUT2D eigenvalue weighted by Gasteiger charge is 2.46. The lowest BCUT2D eigenvalue weighted by Crippen LogP contribution is -2.40. The van der Waals surface area contributed by atoms with Crippen molar-refractivity contribution in [3.8, 4) is 0 Å². The van der Waals surface area contributed by atoms with E-state index in [-0.39, 0.29) is 17.7 Å². The molecule has 2 atom stereocenters. The Morgan fingerprint density at radius 1 is 1.44 bits per heavy atom. The molecule has 2 aliphatic rings. The summed E-state index contributed by atoms with van der Waals surface area (Å²) in [6, 6.07) is 0. The molecule has 2 saturated heterocycles. The Morgan fingerprint density at radius 3 is 2.69 bits per heavy atom. The van der Waals surface area contributed by atoms with E-state index in [0.29, 0.717) is 13.1 Å². The molecule has 90 valence electrons. The number of amides is 2. The maximum atomic E-state index is 11.9. The van der Waals surface area contributed by atoms with Crippen LogP contribution in [0.25, 0.3) is 0 Å². The van der Waals surface area contributed by atoms with Crippen molar-refractivity contribution in [3.63, 3.8) is 0 Å². The minimum Gasteiger partial charge on any atom is -0.443 e. The number of likely N-dealkylation sites (tertiary alicyclic amines) is 1. The van der Waals surface area contributed by atoms with Crippen molar-refractivity contribution in [2.75, 3.05) is 19.6 Å². The summed E-state index contributed by atoms with van der Waals surface area (Å²) in [6.07, 6.45) is -0.508. The third-order valence-electron chi connectivity index (χ3n) is 2.95. The molecule has 2 aliphatic heterocycles. The van der Waals surface area contributed by atoms with Gasteiger partial charge in [-0.25, -0.2) is 9.69 Å². The van der Waals surface area contributed by atoms with Crippen molar-refractivity contribution in [3.05, 3.63) is 0 Å². The van der Waals surface area contributed by atoms with Crippen molar-refractivity contribution in [2.24, 2.45) is 11.8 Å². The van der Waals surface area contributed by atoms with Crippen LogP contribution in [0.1, 0.15) is 20.8 Å². The molecule has 0 aromatic rings. The predicted molar refractivity (Wildman–Crippen MR) is 57.8 cm³/mol. The van der Waals surface area contributed by atoms with Crippen LogP contribution < -0.4 is 5.32 Å². The lowest BCUT2D eigenvalue weighted by Gasteiger charge is -2.23. The molecule has 5 nitrogen and oxygen atoms in total. The monoisotopic (exact) mass is 226 g/mol. The van der Waals surface area contributed by atoms with Gasteiger partial charge in [0.1, 0.15) is 5.60 Å². The van der Waals surface area contributed by atoms with E-state index in [9.17, 15) is 9.59 Å². The first kappa shape index (κ1) is 11.4. The number of carbonyl (C=O) groups excluding carboxylic acids is 2. The van der Waals surface area contributed by atoms with Crippen LogP contribution in [0.3, 0.4) is 0 Å². The predicted octanol–water partition coefficient (Wildman–Crippen LogP) is 0.599. The molecule has 0 radical (unpaired) electrons. The van der Waals surface area contributed by atoms with Crippen LogP contribution in [0.4, 0.5) is 4.79 Å². The van der Waals surface area contributed by atoms with Crippen molar-refractivity contribution in [1.29, 1.82) is 0 Å². The molecule has 0 spiro atoms. The van der Waals surface area contributed by atoms with Crippen LogP contribution in [-0.2, 0) is 9.53 Å². The summed E-state index contributed by atoms with van der Waals surface area (Å²) in [5, 5.41) is 3.16. The fraction of sp³-hybridized carbons (Fsp3) is 0.818. The van der Waals surface area contributed by atoms with Gasteiger partial charge in [-0.1, -0.05) is 0 Å². The Bertz CT molecular complexity index is 322. The third kappa shape index (κ3) is 2.04. The van der Waals surface area contributed by atoms with Crippen LogP contribution in [0, 0.1) is 11.8 Å². The van der Waals surface area contributed by atoms with Crippen LogP contribution in [-0.4, -0.2) is 42.1 Å². The molecule has 0 aromatic carbocycles. The standard InChI is InChI=1S/C11H18N2O3/c1-11(2,3)16-10(15)13-6-7-4-12-5-8(7)9(13)14/h7-8,12H,4-6H2,1-3H3. The lowest BCUT2D eigenvalue weighted by atomic mass is 10.0. The molecule has 0 saturated carbocycles. The van der Waals surface area contributed by atoms with E-state index >= 15 is 0 Å². The minimum atomic E-state index is -0.548. The molecule has 1 N–H and O–H groups in total. The molecular formula is C11H18N2O3. The summed E-state index contributed by atoms with van der Waals surface area (Å²) in [7, 11) is 0. The summed E-state index contributed by atoms with van der Waals surface area (Å²) in [5.41, 5.74) is -0.548. The van der Waals surface area contributed by atoms with Gasteiger partial charge in [0.15, 0.2) is 0 Å². The van der Waals surface area contributed by atoms with E-state index in [2.05, 4.69) is 5.32 Å². The molecule has 2 unspecified atom stereocenters. The SMILES string of the molecule is CC(C)(C)OC(=O)N1CC2CNCC2C1=O. The topological polar surface area (TPSA) is 58.6 Å². The second-order valence-electron chi connectivity index (χ2n) is 5.45. The normalized spacial score (nSPS) is 29.4. The zero-order chi connectivity index (χ0) is 11.9. The lowest BCUT2D eigenvalue weighted by molar-refractivity contribution is -0.130. The molecule has 0 bridgehead atoms. The highest BCUT2D eigenvalue weighted by molar-refractivity contribution is 5.95. The number of rotatable bonds is 0. The zero-order valence-electron chi connectivity index (χ0n) is 9.95. The van der Waals surface area contributed by atoms with E-state index in [0.717, 1.165) is 6.54 Å². The Kier molecular flexibility index (Phi) is 2.66. The Morgan fingerprint density at radius 2 is 2.12 bits per heavy atom. The summed E-state index contributed by atoms with van der Waals surface area (Å²) in [4.78, 5) is 24.9. The van der Waals surface area contributed by atoms with Crippen molar-refractivity contribution < 1.29 is 14.3 Å². The Labute approximate surface area is 95.1 Å². The minimum absolute atomic E-state index is 0.0347. The molecule has 2 fully saturated rings. The van der Waals surface area contributed by atoms with Gasteiger partial charge in [0.05, 0.1) is 5.92 Å². The van der Waals surface area contributed by atoms with Crippen LogP contribution in [0.5, 0.6) is 0 Å². The van der Waals surface area contributed by atoms with Gasteiger partial charge in [0, 0.05) is 25.6 Å². The average molecular weight is 226 g/mol. The van der Waals surface area contributed by atoms with E-state index in [1.54, 1.807) is 20.8 Å². The molecule has 16 heavy (non-hydrogen) atoms. The Balaban J connectivity index is 2.02. The van der Waals surface area contributed by atoms with Crippen LogP contribution in [0.15, 0.2) is 0 Å². The zero-order valence-corrected chi connectivity index (χ0v) is 9.95. The summed E-state index contributed by atoms with van der Waals surface area (Å²) < 4.78 is 5.20. The number of nitrogens with zero attached hydrogens (tertiary/aromatic N) is 1. The van der Waals surface area contributed by atoms with Crippen molar-refractivity contribution >= 4 is 12.0 Å². The van der Waals surface area contributed by atoms with E-state index in [1.165, 1.54) is 4.90 Å². The quantitative estimate of drug-likeness (QED) is 0.657. The van der Waals surface area contributed by atoms with Gasteiger partial charge < -0.3 is 10.1 Å². The maximum Gasteiger partial charge on any atom is 0.417 e. The molecular weight excluding hydrogens is 208 g/mol. The van der Waals surface area contributed by atoms with Crippen LogP contribution in [0.2, 0.25) is 0 Å². The fourth-order valence-corrected chi connectivity index (χ4v) is 2.22. The highest BCUT2D eigenvalue weighted by atomic mass is 16.6. The number of nitrogens with one attached hydrogen (secondary N) is 1. The van der Waals surface area contributed by atoms with Gasteiger partial charge in [-0.15, -0.1) is 0 Å². The van der Waals surface area contributed by atoms with Gasteiger partial charge in [-0.3, -0.25) is 4.79 Å². The van der Waals surface area contributed by atoms with E-state index < -0.39 is 11.7 Å². The second kappa shape index (κ2) is 3.73. The summed E-state index contributed by atoms with van der Waals surface area (Å²) in [6.45, 7) is 7.39. The number of carbonyl (C=O) groups is 2. The van der Waals surface area contributed by atoms with Crippen molar-refractivity contribution in [1.82, 2.24) is 10.2 Å². The molecule has 5 heteroatoms. The smallest absolute Gasteiger partial charge is 0.417 e. The molecule has 0 aromatic heterocycles. The molecule has 2 heterocycles. The first-order chi connectivity index (χ1) is 7.38. The number of ether oxygens (including phenoxy) is 1. The number of fused-ring (bicyclic) bond motifs is 1. The highest BCUT2D eigenvalue weighted by Crippen LogP contribution is 2.28. The van der Waals surface area contributed by atoms with E-state index in [1.807, 2.05) is 0 Å². The maximum absolute atomic E-state index is 11.9. The largest absolute Gasteiger partial charge is 0.443 e. The van der Waals surface area contributed by atoms with Gasteiger partial charge in [-0.2, -0.15) is 0 Å². The van der Waals surface area contributed by atoms with Gasteiger partial charge in [0.25, 0.3) is 0 Å². The van der Waals surface area contributed by atoms with Crippen LogP contribution >= 0.6 is 0 Å². The van der Waals surface area contributed by atoms with E-state index in [4.69, 9.17) is 4.74 Å². The molecule has 2 rings (SSSR count). The van der Waals surface area contributed by atoms with Crippen molar-refractivity contribution in [2.45, 2.75) is 26.4 Å². The van der Waals surface area contributed by atoms with Gasteiger partial charge in [-0.05, 0) is 20.8 Å². The number of imide groups is 1. The fourth-order valence-electron chi connectivity index (χ4n) is 2.22. The average Bonchev–Trinajstić information content (AvgIpc) is 2.66. The van der Waals surface area contributed by atoms with Gasteiger partial charge >= 0.3 is 6.09 Å². The molecule has 2 amide bonds. The summed E-state index contributed by atoms with van der Waals surface area (Å²) >= 11 is 0. The summed E-state index contributed by atoms with van der Waals surface area (Å²) in [5.74, 6) is 0.136. The third-order valence-corrected chi connectivity index (χ3v) is 2.95.